The Bertz CT molecular complexity index is 1740. The predicted octanol–water partition coefficient (Wildman–Crippen LogP) is 5.99. The third-order valence-corrected chi connectivity index (χ3v) is 5.68. The minimum atomic E-state index is 0.349. The molecule has 0 aliphatic rings. The van der Waals surface area contributed by atoms with E-state index < -0.39 is 0 Å². The fourth-order valence-corrected chi connectivity index (χ4v) is 4.32. The fourth-order valence-electron chi connectivity index (χ4n) is 4.32. The summed E-state index contributed by atoms with van der Waals surface area (Å²) < 4.78 is 0. The van der Waals surface area contributed by atoms with Crippen LogP contribution >= 0.6 is 0 Å². The van der Waals surface area contributed by atoms with Crippen molar-refractivity contribution in [2.75, 3.05) is 0 Å². The van der Waals surface area contributed by atoms with Crippen LogP contribution in [0.2, 0.25) is 0 Å². The van der Waals surface area contributed by atoms with E-state index in [4.69, 9.17) is 9.97 Å². The van der Waals surface area contributed by atoms with Gasteiger partial charge in [0, 0.05) is 10.8 Å². The van der Waals surface area contributed by atoms with Crippen LogP contribution < -0.4 is 0 Å². The zero-order chi connectivity index (χ0) is 20.2. The monoisotopic (exact) mass is 380 g/mol. The number of aromatic nitrogens is 2. The molecular formula is C26H12N4. The predicted molar refractivity (Wildman–Crippen MR) is 119 cm³/mol. The summed E-state index contributed by atoms with van der Waals surface area (Å²) in [6, 6.07) is 28.1. The van der Waals surface area contributed by atoms with Crippen LogP contribution in [-0.4, -0.2) is 9.97 Å². The Balaban J connectivity index is 2.00. The number of nitrogens with zero attached hydrogens (tertiary/aromatic N) is 4. The van der Waals surface area contributed by atoms with Gasteiger partial charge in [-0.15, -0.1) is 0 Å². The summed E-state index contributed by atoms with van der Waals surface area (Å²) in [4.78, 5) is 9.93. The molecule has 30 heavy (non-hydrogen) atoms. The zero-order valence-corrected chi connectivity index (χ0v) is 15.7. The van der Waals surface area contributed by atoms with Crippen LogP contribution in [0, 0.1) is 22.7 Å². The highest BCUT2D eigenvalue weighted by molar-refractivity contribution is 6.30. The Kier molecular flexibility index (Phi) is 3.27. The summed E-state index contributed by atoms with van der Waals surface area (Å²) >= 11 is 0. The first kappa shape index (κ1) is 16.4. The Morgan fingerprint density at radius 1 is 0.567 bits per heavy atom. The van der Waals surface area contributed by atoms with Gasteiger partial charge in [0.25, 0.3) is 0 Å². The normalized spacial score (nSPS) is 11.3. The van der Waals surface area contributed by atoms with Crippen LogP contribution in [0.3, 0.4) is 0 Å². The quantitative estimate of drug-likeness (QED) is 0.240. The maximum absolute atomic E-state index is 9.58. The van der Waals surface area contributed by atoms with Crippen molar-refractivity contribution in [3.63, 3.8) is 0 Å². The molecule has 0 bridgehead atoms. The maximum Gasteiger partial charge on any atom is 0.101 e. The van der Waals surface area contributed by atoms with E-state index in [-0.39, 0.29) is 0 Å². The minimum absolute atomic E-state index is 0.349. The average Bonchev–Trinajstić information content (AvgIpc) is 2.81. The molecule has 0 fully saturated rings. The SMILES string of the molecule is N#Cc1cc2c(cc1C#N)c1nc3ccccc3nc1c1c3ccccc3ccc21. The molecule has 6 rings (SSSR count). The van der Waals surface area contributed by atoms with Gasteiger partial charge in [-0.1, -0.05) is 48.5 Å². The molecule has 5 aromatic carbocycles. The van der Waals surface area contributed by atoms with Crippen molar-refractivity contribution in [1.29, 1.82) is 10.5 Å². The molecular weight excluding hydrogens is 368 g/mol. The van der Waals surface area contributed by atoms with Gasteiger partial charge >= 0.3 is 0 Å². The van der Waals surface area contributed by atoms with E-state index in [9.17, 15) is 10.5 Å². The average molecular weight is 380 g/mol. The van der Waals surface area contributed by atoms with Gasteiger partial charge in [0.1, 0.15) is 12.1 Å². The minimum Gasteiger partial charge on any atom is -0.244 e. The van der Waals surface area contributed by atoms with Gasteiger partial charge in [-0.2, -0.15) is 10.5 Å². The van der Waals surface area contributed by atoms with E-state index >= 15 is 0 Å². The topological polar surface area (TPSA) is 73.4 Å². The standard InChI is InChI=1S/C26H12N4/c27-13-16-11-20-19-10-9-15-5-1-2-6-18(15)24(19)26-25(21(20)12-17(16)14-28)29-22-7-3-4-8-23(22)30-26/h1-12H. The molecule has 0 aliphatic carbocycles. The summed E-state index contributed by atoms with van der Waals surface area (Å²) in [5.74, 6) is 0. The van der Waals surface area contributed by atoms with Gasteiger partial charge in [0.15, 0.2) is 0 Å². The summed E-state index contributed by atoms with van der Waals surface area (Å²) in [6.45, 7) is 0. The molecule has 136 valence electrons. The van der Waals surface area contributed by atoms with Crippen molar-refractivity contribution in [2.45, 2.75) is 0 Å². The van der Waals surface area contributed by atoms with Crippen LogP contribution in [0.4, 0.5) is 0 Å². The fraction of sp³-hybridized carbons (Fsp3) is 0. The van der Waals surface area contributed by atoms with Crippen LogP contribution in [0.1, 0.15) is 11.1 Å². The molecule has 0 aliphatic heterocycles. The second-order valence-corrected chi connectivity index (χ2v) is 7.29. The number of nitriles is 2. The lowest BCUT2D eigenvalue weighted by Crippen LogP contribution is -1.94. The lowest BCUT2D eigenvalue weighted by molar-refractivity contribution is 1.41. The van der Waals surface area contributed by atoms with E-state index in [1.54, 1.807) is 12.1 Å². The summed E-state index contributed by atoms with van der Waals surface area (Å²) in [5, 5.41) is 25.1. The number of benzene rings is 5. The van der Waals surface area contributed by atoms with Crippen LogP contribution in [0.25, 0.3) is 54.4 Å². The van der Waals surface area contributed by atoms with Crippen molar-refractivity contribution in [1.82, 2.24) is 9.97 Å². The summed E-state index contributed by atoms with van der Waals surface area (Å²) in [7, 11) is 0. The molecule has 0 amide bonds. The first-order chi connectivity index (χ1) is 14.8. The van der Waals surface area contributed by atoms with Gasteiger partial charge in [-0.25, -0.2) is 9.97 Å². The third-order valence-electron chi connectivity index (χ3n) is 5.68. The molecule has 4 nitrogen and oxygen atoms in total. The van der Waals surface area contributed by atoms with Gasteiger partial charge < -0.3 is 0 Å². The molecule has 0 spiro atoms. The first-order valence-corrected chi connectivity index (χ1v) is 9.56. The van der Waals surface area contributed by atoms with Gasteiger partial charge in [0.05, 0.1) is 33.2 Å². The Morgan fingerprint density at radius 3 is 1.93 bits per heavy atom. The number of fused-ring (bicyclic) bond motifs is 9. The Morgan fingerprint density at radius 2 is 1.20 bits per heavy atom. The highest BCUT2D eigenvalue weighted by Crippen LogP contribution is 2.39. The largest absolute Gasteiger partial charge is 0.244 e. The van der Waals surface area contributed by atoms with Crippen molar-refractivity contribution >= 4 is 54.4 Å². The molecule has 0 atom stereocenters. The summed E-state index contributed by atoms with van der Waals surface area (Å²) in [6.07, 6.45) is 0. The molecule has 0 radical (unpaired) electrons. The number of para-hydroxylation sites is 2. The zero-order valence-electron chi connectivity index (χ0n) is 15.7. The molecule has 0 unspecified atom stereocenters. The van der Waals surface area contributed by atoms with Crippen molar-refractivity contribution in [2.24, 2.45) is 0 Å². The molecule has 0 saturated carbocycles. The molecule has 0 N–H and O–H groups in total. The van der Waals surface area contributed by atoms with Crippen LogP contribution in [0.5, 0.6) is 0 Å². The highest BCUT2D eigenvalue weighted by Gasteiger charge is 2.16. The van der Waals surface area contributed by atoms with Gasteiger partial charge in [0.2, 0.25) is 0 Å². The van der Waals surface area contributed by atoms with E-state index in [1.807, 2.05) is 36.4 Å². The maximum atomic E-state index is 9.58. The Hall–Kier alpha value is -4.54. The number of hydrogen-bond acceptors (Lipinski definition) is 4. The lowest BCUT2D eigenvalue weighted by atomic mass is 9.92. The van der Waals surface area contributed by atoms with E-state index in [2.05, 4.69) is 36.4 Å². The first-order valence-electron chi connectivity index (χ1n) is 9.56. The second-order valence-electron chi connectivity index (χ2n) is 7.29. The summed E-state index contributed by atoms with van der Waals surface area (Å²) in [5.41, 5.74) is 3.89. The van der Waals surface area contributed by atoms with Crippen molar-refractivity contribution < 1.29 is 0 Å². The van der Waals surface area contributed by atoms with Gasteiger partial charge in [-0.05, 0) is 45.8 Å². The number of rotatable bonds is 0. The molecule has 1 aromatic heterocycles. The lowest BCUT2D eigenvalue weighted by Gasteiger charge is -2.13. The molecule has 1 heterocycles. The van der Waals surface area contributed by atoms with Crippen molar-refractivity contribution in [3.8, 4) is 12.1 Å². The van der Waals surface area contributed by atoms with E-state index in [0.717, 1.165) is 54.4 Å². The van der Waals surface area contributed by atoms with Crippen LogP contribution in [0.15, 0.2) is 72.8 Å². The Labute approximate surface area is 171 Å². The van der Waals surface area contributed by atoms with E-state index in [1.165, 1.54) is 0 Å². The number of hydrogen-bond donors (Lipinski definition) is 0. The smallest absolute Gasteiger partial charge is 0.101 e. The molecule has 0 saturated heterocycles. The van der Waals surface area contributed by atoms with Crippen molar-refractivity contribution in [3.05, 3.63) is 83.9 Å². The molecule has 4 heteroatoms. The third kappa shape index (κ3) is 2.13. The molecule has 6 aromatic rings. The van der Waals surface area contributed by atoms with Crippen LogP contribution in [-0.2, 0) is 0 Å². The highest BCUT2D eigenvalue weighted by atomic mass is 14.8. The van der Waals surface area contributed by atoms with E-state index in [0.29, 0.717) is 11.1 Å². The second kappa shape index (κ2) is 5.98. The van der Waals surface area contributed by atoms with Gasteiger partial charge in [-0.3, -0.25) is 0 Å².